The van der Waals surface area contributed by atoms with E-state index in [9.17, 15) is 5.11 Å². The zero-order valence-corrected chi connectivity index (χ0v) is 9.37. The maximum absolute atomic E-state index is 9.65. The molecule has 0 amide bonds. The molecule has 0 saturated carbocycles. The lowest BCUT2D eigenvalue weighted by atomic mass is 10.2. The second-order valence-electron chi connectivity index (χ2n) is 3.58. The SMILES string of the molecule is CC(N)Oc1cnc(-c2ccccc2O)nc1. The predicted octanol–water partition coefficient (Wildman–Crippen LogP) is 1.53. The van der Waals surface area contributed by atoms with E-state index in [2.05, 4.69) is 9.97 Å². The van der Waals surface area contributed by atoms with Crippen LogP contribution in [0, 0.1) is 0 Å². The minimum atomic E-state index is -0.408. The number of phenols is 1. The van der Waals surface area contributed by atoms with Crippen molar-refractivity contribution in [3.63, 3.8) is 0 Å². The molecule has 0 spiro atoms. The van der Waals surface area contributed by atoms with E-state index >= 15 is 0 Å². The number of para-hydroxylation sites is 1. The Morgan fingerprint density at radius 3 is 2.47 bits per heavy atom. The monoisotopic (exact) mass is 231 g/mol. The van der Waals surface area contributed by atoms with Crippen LogP contribution in [0.25, 0.3) is 11.4 Å². The fraction of sp³-hybridized carbons (Fsp3) is 0.167. The molecule has 0 aliphatic rings. The summed E-state index contributed by atoms with van der Waals surface area (Å²) >= 11 is 0. The Labute approximate surface area is 98.9 Å². The van der Waals surface area contributed by atoms with Crippen molar-refractivity contribution in [2.75, 3.05) is 0 Å². The number of aromatic hydroxyl groups is 1. The number of hydrogen-bond acceptors (Lipinski definition) is 5. The molecule has 1 aromatic heterocycles. The fourth-order valence-corrected chi connectivity index (χ4v) is 1.39. The number of rotatable bonds is 3. The molecule has 1 aromatic carbocycles. The molecule has 1 atom stereocenters. The summed E-state index contributed by atoms with van der Waals surface area (Å²) in [6.45, 7) is 1.72. The number of aromatic nitrogens is 2. The van der Waals surface area contributed by atoms with Crippen molar-refractivity contribution >= 4 is 0 Å². The molecular formula is C12H13N3O2. The first-order valence-electron chi connectivity index (χ1n) is 5.19. The topological polar surface area (TPSA) is 81.3 Å². The summed E-state index contributed by atoms with van der Waals surface area (Å²) in [7, 11) is 0. The summed E-state index contributed by atoms with van der Waals surface area (Å²) < 4.78 is 5.23. The van der Waals surface area contributed by atoms with E-state index in [1.54, 1.807) is 25.1 Å². The number of hydrogen-bond donors (Lipinski definition) is 2. The van der Waals surface area contributed by atoms with Gasteiger partial charge in [-0.05, 0) is 19.1 Å². The zero-order chi connectivity index (χ0) is 12.3. The first-order valence-corrected chi connectivity index (χ1v) is 5.19. The largest absolute Gasteiger partial charge is 0.507 e. The van der Waals surface area contributed by atoms with E-state index < -0.39 is 6.23 Å². The molecule has 2 rings (SSSR count). The standard InChI is InChI=1S/C12H13N3O2/c1-8(13)17-9-6-14-12(15-7-9)10-4-2-3-5-11(10)16/h2-8,16H,13H2,1H3. The van der Waals surface area contributed by atoms with Crippen LogP contribution in [0.2, 0.25) is 0 Å². The minimum Gasteiger partial charge on any atom is -0.507 e. The van der Waals surface area contributed by atoms with Crippen molar-refractivity contribution in [1.29, 1.82) is 0 Å². The summed E-state index contributed by atoms with van der Waals surface area (Å²) in [5.74, 6) is 1.09. The molecule has 5 heteroatoms. The van der Waals surface area contributed by atoms with E-state index in [1.165, 1.54) is 12.4 Å². The second kappa shape index (κ2) is 4.80. The van der Waals surface area contributed by atoms with Crippen LogP contribution in [0.5, 0.6) is 11.5 Å². The molecule has 0 fully saturated rings. The second-order valence-corrected chi connectivity index (χ2v) is 3.58. The first kappa shape index (κ1) is 11.3. The lowest BCUT2D eigenvalue weighted by molar-refractivity contribution is 0.228. The van der Waals surface area contributed by atoms with Crippen LogP contribution in [-0.2, 0) is 0 Å². The molecular weight excluding hydrogens is 218 g/mol. The van der Waals surface area contributed by atoms with Crippen molar-refractivity contribution in [3.8, 4) is 22.9 Å². The highest BCUT2D eigenvalue weighted by Crippen LogP contribution is 2.25. The van der Waals surface area contributed by atoms with Crippen molar-refractivity contribution in [3.05, 3.63) is 36.7 Å². The van der Waals surface area contributed by atoms with E-state index in [1.807, 2.05) is 6.07 Å². The van der Waals surface area contributed by atoms with Gasteiger partial charge in [-0.2, -0.15) is 0 Å². The van der Waals surface area contributed by atoms with E-state index in [0.29, 0.717) is 17.1 Å². The Morgan fingerprint density at radius 2 is 1.88 bits per heavy atom. The van der Waals surface area contributed by atoms with E-state index in [-0.39, 0.29) is 5.75 Å². The number of phenolic OH excluding ortho intramolecular Hbond substituents is 1. The molecule has 3 N–H and O–H groups in total. The Balaban J connectivity index is 2.27. The number of nitrogens with two attached hydrogens (primary N) is 1. The average Bonchev–Trinajstić information content (AvgIpc) is 2.30. The molecule has 0 saturated heterocycles. The van der Waals surface area contributed by atoms with Crippen LogP contribution in [0.1, 0.15) is 6.92 Å². The zero-order valence-electron chi connectivity index (χ0n) is 9.37. The molecule has 88 valence electrons. The van der Waals surface area contributed by atoms with Gasteiger partial charge >= 0.3 is 0 Å². The van der Waals surface area contributed by atoms with Crippen LogP contribution in [0.3, 0.4) is 0 Å². The Kier molecular flexibility index (Phi) is 3.20. The Morgan fingerprint density at radius 1 is 1.24 bits per heavy atom. The molecule has 0 aliphatic carbocycles. The fourth-order valence-electron chi connectivity index (χ4n) is 1.39. The van der Waals surface area contributed by atoms with Crippen LogP contribution in [-0.4, -0.2) is 21.3 Å². The molecule has 0 radical (unpaired) electrons. The van der Waals surface area contributed by atoms with Crippen LogP contribution < -0.4 is 10.5 Å². The van der Waals surface area contributed by atoms with Gasteiger partial charge in [0.1, 0.15) is 12.0 Å². The highest BCUT2D eigenvalue weighted by atomic mass is 16.5. The van der Waals surface area contributed by atoms with E-state index in [0.717, 1.165) is 0 Å². The minimum absolute atomic E-state index is 0.147. The summed E-state index contributed by atoms with van der Waals surface area (Å²) in [5, 5.41) is 9.65. The van der Waals surface area contributed by atoms with Gasteiger partial charge in [0.2, 0.25) is 0 Å². The van der Waals surface area contributed by atoms with Gasteiger partial charge in [-0.3, -0.25) is 5.73 Å². The number of nitrogens with zero attached hydrogens (tertiary/aromatic N) is 2. The van der Waals surface area contributed by atoms with Gasteiger partial charge in [0.05, 0.1) is 18.0 Å². The van der Waals surface area contributed by atoms with Crippen molar-refractivity contribution < 1.29 is 9.84 Å². The third-order valence-electron chi connectivity index (χ3n) is 2.10. The van der Waals surface area contributed by atoms with Crippen molar-refractivity contribution in [2.24, 2.45) is 5.73 Å². The maximum Gasteiger partial charge on any atom is 0.163 e. The summed E-state index contributed by atoms with van der Waals surface area (Å²) in [6, 6.07) is 6.89. The lowest BCUT2D eigenvalue weighted by Crippen LogP contribution is -2.22. The summed E-state index contributed by atoms with van der Waals surface area (Å²) in [5.41, 5.74) is 6.06. The predicted molar refractivity (Wildman–Crippen MR) is 63.4 cm³/mol. The molecule has 5 nitrogen and oxygen atoms in total. The summed E-state index contributed by atoms with van der Waals surface area (Å²) in [4.78, 5) is 8.22. The first-order chi connectivity index (χ1) is 8.16. The maximum atomic E-state index is 9.65. The lowest BCUT2D eigenvalue weighted by Gasteiger charge is -2.09. The van der Waals surface area contributed by atoms with Crippen LogP contribution in [0.4, 0.5) is 0 Å². The normalized spacial score (nSPS) is 12.1. The Hall–Kier alpha value is -2.14. The van der Waals surface area contributed by atoms with E-state index in [4.69, 9.17) is 10.5 Å². The highest BCUT2D eigenvalue weighted by molar-refractivity contribution is 5.63. The van der Waals surface area contributed by atoms with Gasteiger partial charge in [0.15, 0.2) is 11.6 Å². The van der Waals surface area contributed by atoms with Crippen molar-refractivity contribution in [2.45, 2.75) is 13.2 Å². The third kappa shape index (κ3) is 2.70. The molecule has 0 aliphatic heterocycles. The van der Waals surface area contributed by atoms with Gasteiger partial charge in [-0.1, -0.05) is 12.1 Å². The highest BCUT2D eigenvalue weighted by Gasteiger charge is 2.06. The quantitative estimate of drug-likeness (QED) is 0.783. The Bertz CT molecular complexity index is 497. The van der Waals surface area contributed by atoms with Crippen LogP contribution >= 0.6 is 0 Å². The average molecular weight is 231 g/mol. The molecule has 17 heavy (non-hydrogen) atoms. The van der Waals surface area contributed by atoms with Gasteiger partial charge in [0, 0.05) is 0 Å². The molecule has 0 bridgehead atoms. The van der Waals surface area contributed by atoms with Crippen molar-refractivity contribution in [1.82, 2.24) is 9.97 Å². The van der Waals surface area contributed by atoms with Gasteiger partial charge in [0.25, 0.3) is 0 Å². The third-order valence-corrected chi connectivity index (χ3v) is 2.10. The van der Waals surface area contributed by atoms with Crippen LogP contribution in [0.15, 0.2) is 36.7 Å². The number of benzene rings is 1. The van der Waals surface area contributed by atoms with Gasteiger partial charge in [-0.25, -0.2) is 9.97 Å². The molecule has 1 unspecified atom stereocenters. The van der Waals surface area contributed by atoms with Gasteiger partial charge < -0.3 is 9.84 Å². The smallest absolute Gasteiger partial charge is 0.163 e. The number of ether oxygens (including phenoxy) is 1. The van der Waals surface area contributed by atoms with Gasteiger partial charge in [-0.15, -0.1) is 0 Å². The summed E-state index contributed by atoms with van der Waals surface area (Å²) in [6.07, 6.45) is 2.64. The molecule has 1 heterocycles. The molecule has 2 aromatic rings.